The van der Waals surface area contributed by atoms with E-state index in [-0.39, 0.29) is 5.56 Å². The SMILES string of the molecule is CS(=O)(=O)Oc1ccc(C#Cc2ccc(C#N)cc2CCCOCC2CC2)c(C(F)(F)F)c1. The van der Waals surface area contributed by atoms with E-state index in [0.29, 0.717) is 42.6 Å². The minimum Gasteiger partial charge on any atom is -0.383 e. The summed E-state index contributed by atoms with van der Waals surface area (Å²) in [5.41, 5.74) is 0.293. The Kier molecular flexibility index (Phi) is 7.68. The summed E-state index contributed by atoms with van der Waals surface area (Å²) >= 11 is 0. The minimum atomic E-state index is -4.76. The monoisotopic (exact) mass is 477 g/mol. The highest BCUT2D eigenvalue weighted by Gasteiger charge is 2.34. The van der Waals surface area contributed by atoms with Crippen molar-refractivity contribution in [3.05, 3.63) is 64.2 Å². The maximum atomic E-state index is 13.5. The molecule has 2 aromatic rings. The summed E-state index contributed by atoms with van der Waals surface area (Å²) in [7, 11) is -3.97. The van der Waals surface area contributed by atoms with Gasteiger partial charge in [-0.3, -0.25) is 0 Å². The highest BCUT2D eigenvalue weighted by molar-refractivity contribution is 7.86. The van der Waals surface area contributed by atoms with Crippen molar-refractivity contribution in [2.24, 2.45) is 5.92 Å². The Morgan fingerprint density at radius 3 is 2.42 bits per heavy atom. The van der Waals surface area contributed by atoms with Gasteiger partial charge in [0.25, 0.3) is 0 Å². The average Bonchev–Trinajstić information content (AvgIpc) is 3.55. The molecule has 9 heteroatoms. The van der Waals surface area contributed by atoms with E-state index in [9.17, 15) is 26.9 Å². The summed E-state index contributed by atoms with van der Waals surface area (Å²) in [6.45, 7) is 1.30. The fourth-order valence-electron chi connectivity index (χ4n) is 3.12. The van der Waals surface area contributed by atoms with E-state index in [1.165, 1.54) is 12.8 Å². The van der Waals surface area contributed by atoms with Gasteiger partial charge in [0.2, 0.25) is 0 Å². The summed E-state index contributed by atoms with van der Waals surface area (Å²) in [6, 6.07) is 9.72. The molecule has 3 rings (SSSR count). The van der Waals surface area contributed by atoms with Crippen LogP contribution in [0.4, 0.5) is 13.2 Å². The van der Waals surface area contributed by atoms with Gasteiger partial charge in [0.15, 0.2) is 0 Å². The van der Waals surface area contributed by atoms with Crippen molar-refractivity contribution in [2.75, 3.05) is 19.5 Å². The van der Waals surface area contributed by atoms with Crippen molar-refractivity contribution in [2.45, 2.75) is 31.9 Å². The molecule has 5 nitrogen and oxygen atoms in total. The maximum Gasteiger partial charge on any atom is 0.417 e. The molecule has 0 aromatic heterocycles. The Hall–Kier alpha value is -3.01. The predicted molar refractivity (Wildman–Crippen MR) is 116 cm³/mol. The molecular formula is C24H22F3NO4S. The van der Waals surface area contributed by atoms with Gasteiger partial charge in [-0.2, -0.15) is 26.9 Å². The van der Waals surface area contributed by atoms with Crippen molar-refractivity contribution in [3.8, 4) is 23.7 Å². The molecule has 1 aliphatic carbocycles. The molecule has 0 radical (unpaired) electrons. The minimum absolute atomic E-state index is 0.313. The Morgan fingerprint density at radius 2 is 1.79 bits per heavy atom. The number of ether oxygens (including phenoxy) is 1. The van der Waals surface area contributed by atoms with Crippen LogP contribution in [-0.2, 0) is 27.5 Å². The molecule has 0 atom stereocenters. The van der Waals surface area contributed by atoms with Gasteiger partial charge in [0, 0.05) is 24.3 Å². The van der Waals surface area contributed by atoms with Gasteiger partial charge >= 0.3 is 16.3 Å². The van der Waals surface area contributed by atoms with E-state index in [1.54, 1.807) is 18.2 Å². The van der Waals surface area contributed by atoms with E-state index in [2.05, 4.69) is 22.1 Å². The van der Waals surface area contributed by atoms with E-state index in [0.717, 1.165) is 30.6 Å². The first-order valence-electron chi connectivity index (χ1n) is 10.3. The second kappa shape index (κ2) is 10.3. The third kappa shape index (κ3) is 7.81. The largest absolute Gasteiger partial charge is 0.417 e. The predicted octanol–water partition coefficient (Wildman–Crippen LogP) is 4.67. The van der Waals surface area contributed by atoms with E-state index in [1.807, 2.05) is 0 Å². The number of alkyl halides is 3. The van der Waals surface area contributed by atoms with Crippen LogP contribution in [0, 0.1) is 29.1 Å². The Balaban J connectivity index is 1.84. The van der Waals surface area contributed by atoms with Crippen LogP contribution in [-0.4, -0.2) is 27.9 Å². The molecule has 2 aromatic carbocycles. The lowest BCUT2D eigenvalue weighted by Crippen LogP contribution is -2.10. The van der Waals surface area contributed by atoms with Crippen LogP contribution in [0.2, 0.25) is 0 Å². The van der Waals surface area contributed by atoms with Gasteiger partial charge < -0.3 is 8.92 Å². The molecular weight excluding hydrogens is 455 g/mol. The van der Waals surface area contributed by atoms with Crippen LogP contribution in [0.1, 0.15) is 47.1 Å². The first-order valence-corrected chi connectivity index (χ1v) is 12.1. The first-order chi connectivity index (χ1) is 15.5. The van der Waals surface area contributed by atoms with Crippen molar-refractivity contribution in [3.63, 3.8) is 0 Å². The van der Waals surface area contributed by atoms with Crippen molar-refractivity contribution in [1.82, 2.24) is 0 Å². The molecule has 0 spiro atoms. The van der Waals surface area contributed by atoms with Gasteiger partial charge in [-0.15, -0.1) is 0 Å². The fourth-order valence-corrected chi connectivity index (χ4v) is 3.57. The van der Waals surface area contributed by atoms with E-state index >= 15 is 0 Å². The number of halogens is 3. The fraction of sp³-hybridized carbons (Fsp3) is 0.375. The molecule has 1 saturated carbocycles. The lowest BCUT2D eigenvalue weighted by molar-refractivity contribution is -0.137. The highest BCUT2D eigenvalue weighted by atomic mass is 32.2. The number of benzene rings is 2. The molecule has 0 saturated heterocycles. The molecule has 0 heterocycles. The summed E-state index contributed by atoms with van der Waals surface area (Å²) in [4.78, 5) is 0. The molecule has 1 fully saturated rings. The summed E-state index contributed by atoms with van der Waals surface area (Å²) in [5.74, 6) is 5.52. The van der Waals surface area contributed by atoms with Gasteiger partial charge in [-0.25, -0.2) is 0 Å². The molecule has 174 valence electrons. The summed E-state index contributed by atoms with van der Waals surface area (Å²) < 4.78 is 73.3. The summed E-state index contributed by atoms with van der Waals surface area (Å²) in [6.07, 6.45) is -0.347. The van der Waals surface area contributed by atoms with Gasteiger partial charge in [0.05, 0.1) is 23.5 Å². The third-order valence-corrected chi connectivity index (χ3v) is 5.39. The van der Waals surface area contributed by atoms with Crippen molar-refractivity contribution >= 4 is 10.1 Å². The smallest absolute Gasteiger partial charge is 0.383 e. The van der Waals surface area contributed by atoms with Crippen LogP contribution in [0.25, 0.3) is 0 Å². The van der Waals surface area contributed by atoms with Gasteiger partial charge in [-0.1, -0.05) is 11.8 Å². The zero-order valence-electron chi connectivity index (χ0n) is 17.9. The normalized spacial score (nSPS) is 13.7. The van der Waals surface area contributed by atoms with Crippen LogP contribution < -0.4 is 4.18 Å². The lowest BCUT2D eigenvalue weighted by atomic mass is 9.99. The molecule has 0 amide bonds. The van der Waals surface area contributed by atoms with Crippen LogP contribution in [0.5, 0.6) is 5.75 Å². The van der Waals surface area contributed by atoms with Crippen LogP contribution >= 0.6 is 0 Å². The maximum absolute atomic E-state index is 13.5. The van der Waals surface area contributed by atoms with Gasteiger partial charge in [-0.05, 0) is 73.6 Å². The molecule has 1 aliphatic rings. The zero-order valence-corrected chi connectivity index (χ0v) is 18.7. The van der Waals surface area contributed by atoms with E-state index in [4.69, 9.17) is 4.74 Å². The lowest BCUT2D eigenvalue weighted by Gasteiger charge is -2.11. The Labute approximate surface area is 191 Å². The molecule has 0 unspecified atom stereocenters. The number of aryl methyl sites for hydroxylation is 1. The number of nitriles is 1. The number of hydrogen-bond donors (Lipinski definition) is 0. The Bertz CT molecular complexity index is 1220. The molecule has 0 N–H and O–H groups in total. The zero-order chi connectivity index (χ0) is 24.1. The molecule has 33 heavy (non-hydrogen) atoms. The number of nitrogens with zero attached hydrogens (tertiary/aromatic N) is 1. The highest BCUT2D eigenvalue weighted by Crippen LogP contribution is 2.34. The summed E-state index contributed by atoms with van der Waals surface area (Å²) in [5, 5.41) is 9.18. The molecule has 0 bridgehead atoms. The van der Waals surface area contributed by atoms with E-state index < -0.39 is 27.6 Å². The van der Waals surface area contributed by atoms with Gasteiger partial charge in [0.1, 0.15) is 5.75 Å². The standard InChI is InChI=1S/C24H22F3NO4S/c1-33(29,30)32-22-11-10-20(23(14-22)24(25,26)27)9-8-19-7-6-18(15-28)13-21(19)3-2-12-31-16-17-4-5-17/h6-7,10-11,13-14,17H,2-5,12,16H2,1H3. The second-order valence-corrected chi connectivity index (χ2v) is 9.42. The Morgan fingerprint density at radius 1 is 1.09 bits per heavy atom. The quantitative estimate of drug-likeness (QED) is 0.314. The molecule has 0 aliphatic heterocycles. The average molecular weight is 478 g/mol. The van der Waals surface area contributed by atoms with Crippen molar-refractivity contribution in [1.29, 1.82) is 5.26 Å². The first kappa shape index (κ1) is 24.6. The third-order valence-electron chi connectivity index (χ3n) is 4.90. The van der Waals surface area contributed by atoms with Crippen LogP contribution in [0.15, 0.2) is 36.4 Å². The second-order valence-electron chi connectivity index (χ2n) is 7.85. The number of hydrogen-bond acceptors (Lipinski definition) is 5. The topological polar surface area (TPSA) is 76.4 Å². The van der Waals surface area contributed by atoms with Crippen LogP contribution in [0.3, 0.4) is 0 Å². The number of rotatable bonds is 8. The van der Waals surface area contributed by atoms with Crippen molar-refractivity contribution < 1.29 is 30.5 Å².